The molecule has 20 heavy (non-hydrogen) atoms. The Morgan fingerprint density at radius 3 is 2.55 bits per heavy atom. The van der Waals surface area contributed by atoms with Crippen molar-refractivity contribution in [1.82, 2.24) is 10.6 Å². The Hall–Kier alpha value is -2.68. The number of benzene rings is 1. The van der Waals surface area contributed by atoms with Crippen LogP contribution in [0.25, 0.3) is 0 Å². The van der Waals surface area contributed by atoms with Gasteiger partial charge in [0.05, 0.1) is 18.0 Å². The number of carboxylic acid groups (broad SMARTS) is 1. The number of nitro benzene ring substituents is 1. The Balaban J connectivity index is 2.49. The molecule has 0 bridgehead atoms. The van der Waals surface area contributed by atoms with Gasteiger partial charge in [0.1, 0.15) is 0 Å². The number of carboxylic acids is 1. The van der Waals surface area contributed by atoms with Crippen LogP contribution in [-0.4, -0.2) is 39.8 Å². The molecule has 0 aliphatic rings. The number of nitro groups is 1. The summed E-state index contributed by atoms with van der Waals surface area (Å²) in [4.78, 5) is 31.8. The van der Waals surface area contributed by atoms with E-state index < -0.39 is 29.6 Å². The third-order valence-electron chi connectivity index (χ3n) is 2.37. The quantitative estimate of drug-likeness (QED) is 0.422. The summed E-state index contributed by atoms with van der Waals surface area (Å²) in [5, 5.41) is 32.5. The standard InChI is InChI=1S/C11H13N3O6/c15-9(10(16)17)6-13-11(18)12-5-7-3-1-2-4-8(7)14(19)20/h1-4,9,15H,5-6H2,(H,16,17)(H2,12,13,18)/t9-/m0/s1. The van der Waals surface area contributed by atoms with E-state index in [0.717, 1.165) is 0 Å². The third-order valence-corrected chi connectivity index (χ3v) is 2.37. The molecule has 0 aliphatic heterocycles. The van der Waals surface area contributed by atoms with Gasteiger partial charge in [0, 0.05) is 11.6 Å². The molecule has 4 N–H and O–H groups in total. The summed E-state index contributed by atoms with van der Waals surface area (Å²) in [7, 11) is 0. The van der Waals surface area contributed by atoms with Gasteiger partial charge < -0.3 is 20.8 Å². The molecular formula is C11H13N3O6. The molecule has 0 unspecified atom stereocenters. The van der Waals surface area contributed by atoms with Crippen molar-refractivity contribution in [2.24, 2.45) is 0 Å². The molecule has 108 valence electrons. The number of urea groups is 1. The highest BCUT2D eigenvalue weighted by Gasteiger charge is 2.15. The van der Waals surface area contributed by atoms with Crippen LogP contribution >= 0.6 is 0 Å². The predicted octanol–water partition coefficient (Wildman–Crippen LogP) is -0.161. The molecule has 1 atom stereocenters. The van der Waals surface area contributed by atoms with Gasteiger partial charge in [0.2, 0.25) is 0 Å². The van der Waals surface area contributed by atoms with E-state index in [2.05, 4.69) is 10.6 Å². The third kappa shape index (κ3) is 4.53. The van der Waals surface area contributed by atoms with Crippen molar-refractivity contribution in [3.05, 3.63) is 39.9 Å². The first-order chi connectivity index (χ1) is 9.41. The molecule has 1 aromatic carbocycles. The smallest absolute Gasteiger partial charge is 0.334 e. The van der Waals surface area contributed by atoms with Crippen LogP contribution in [0.15, 0.2) is 24.3 Å². The van der Waals surface area contributed by atoms with E-state index in [0.29, 0.717) is 5.56 Å². The molecule has 0 saturated carbocycles. The van der Waals surface area contributed by atoms with E-state index in [1.54, 1.807) is 6.07 Å². The summed E-state index contributed by atoms with van der Waals surface area (Å²) in [6, 6.07) is 5.16. The molecule has 0 fully saturated rings. The van der Waals surface area contributed by atoms with Crippen LogP contribution in [-0.2, 0) is 11.3 Å². The number of hydrogen-bond acceptors (Lipinski definition) is 5. The summed E-state index contributed by atoms with van der Waals surface area (Å²) in [5.41, 5.74) is 0.185. The second kappa shape index (κ2) is 7.04. The maximum Gasteiger partial charge on any atom is 0.334 e. The van der Waals surface area contributed by atoms with Crippen LogP contribution < -0.4 is 10.6 Å². The van der Waals surface area contributed by atoms with Crippen molar-refractivity contribution in [3.63, 3.8) is 0 Å². The first kappa shape index (κ1) is 15.4. The molecule has 0 aromatic heterocycles. The lowest BCUT2D eigenvalue weighted by atomic mass is 10.2. The maximum atomic E-state index is 11.3. The number of para-hydroxylation sites is 1. The van der Waals surface area contributed by atoms with Gasteiger partial charge in [-0.2, -0.15) is 0 Å². The monoisotopic (exact) mass is 283 g/mol. The highest BCUT2D eigenvalue weighted by Crippen LogP contribution is 2.16. The summed E-state index contributed by atoms with van der Waals surface area (Å²) in [6.07, 6.45) is -1.70. The molecule has 9 heteroatoms. The summed E-state index contributed by atoms with van der Waals surface area (Å²) < 4.78 is 0. The molecule has 2 amide bonds. The average Bonchev–Trinajstić information content (AvgIpc) is 2.42. The topological polar surface area (TPSA) is 142 Å². The van der Waals surface area contributed by atoms with Crippen LogP contribution in [0.4, 0.5) is 10.5 Å². The number of nitrogens with one attached hydrogen (secondary N) is 2. The fourth-order valence-electron chi connectivity index (χ4n) is 1.35. The van der Waals surface area contributed by atoms with Gasteiger partial charge >= 0.3 is 12.0 Å². The highest BCUT2D eigenvalue weighted by atomic mass is 16.6. The average molecular weight is 283 g/mol. The Morgan fingerprint density at radius 2 is 1.95 bits per heavy atom. The zero-order valence-electron chi connectivity index (χ0n) is 10.3. The fraction of sp³-hybridized carbons (Fsp3) is 0.273. The first-order valence-corrected chi connectivity index (χ1v) is 5.56. The Kier molecular flexibility index (Phi) is 5.42. The minimum Gasteiger partial charge on any atom is -0.479 e. The summed E-state index contributed by atoms with van der Waals surface area (Å²) in [6.45, 7) is -0.551. The van der Waals surface area contributed by atoms with Crippen molar-refractivity contribution in [2.45, 2.75) is 12.6 Å². The van der Waals surface area contributed by atoms with E-state index in [-0.39, 0.29) is 12.2 Å². The molecule has 9 nitrogen and oxygen atoms in total. The number of hydrogen-bond donors (Lipinski definition) is 4. The lowest BCUT2D eigenvalue weighted by molar-refractivity contribution is -0.385. The number of aliphatic carboxylic acids is 1. The van der Waals surface area contributed by atoms with E-state index in [9.17, 15) is 19.7 Å². The first-order valence-electron chi connectivity index (χ1n) is 5.56. The zero-order chi connectivity index (χ0) is 15.1. The second-order valence-corrected chi connectivity index (χ2v) is 3.80. The molecule has 0 spiro atoms. The van der Waals surface area contributed by atoms with Crippen LogP contribution in [0, 0.1) is 10.1 Å². The van der Waals surface area contributed by atoms with Crippen LogP contribution in [0.2, 0.25) is 0 Å². The van der Waals surface area contributed by atoms with Crippen molar-refractivity contribution in [2.75, 3.05) is 6.54 Å². The second-order valence-electron chi connectivity index (χ2n) is 3.80. The van der Waals surface area contributed by atoms with Gasteiger partial charge in [-0.25, -0.2) is 9.59 Å². The van der Waals surface area contributed by atoms with Gasteiger partial charge in [-0.1, -0.05) is 18.2 Å². The van der Waals surface area contributed by atoms with Gasteiger partial charge in [-0.15, -0.1) is 0 Å². The minimum absolute atomic E-state index is 0.0911. The minimum atomic E-state index is -1.70. The molecular weight excluding hydrogens is 270 g/mol. The van der Waals surface area contributed by atoms with Gasteiger partial charge in [-0.05, 0) is 0 Å². The molecule has 0 saturated heterocycles. The molecule has 0 aliphatic carbocycles. The molecule has 0 heterocycles. The van der Waals surface area contributed by atoms with Crippen molar-refractivity contribution in [3.8, 4) is 0 Å². The lowest BCUT2D eigenvalue weighted by Gasteiger charge is -2.09. The number of nitrogens with zero attached hydrogens (tertiary/aromatic N) is 1. The highest BCUT2D eigenvalue weighted by molar-refractivity contribution is 5.76. The largest absolute Gasteiger partial charge is 0.479 e. The number of aliphatic hydroxyl groups excluding tert-OH is 1. The summed E-state index contributed by atoms with van der Waals surface area (Å²) in [5.74, 6) is -1.45. The summed E-state index contributed by atoms with van der Waals surface area (Å²) >= 11 is 0. The van der Waals surface area contributed by atoms with E-state index in [1.807, 2.05) is 0 Å². The van der Waals surface area contributed by atoms with Gasteiger partial charge in [0.25, 0.3) is 5.69 Å². The zero-order valence-corrected chi connectivity index (χ0v) is 10.3. The van der Waals surface area contributed by atoms with E-state index in [1.165, 1.54) is 18.2 Å². The maximum absolute atomic E-state index is 11.3. The number of carbonyl (C=O) groups is 2. The number of aliphatic hydroxyl groups is 1. The molecule has 1 rings (SSSR count). The van der Waals surface area contributed by atoms with Gasteiger partial charge in [0.15, 0.2) is 6.10 Å². The predicted molar refractivity (Wildman–Crippen MR) is 67.0 cm³/mol. The van der Waals surface area contributed by atoms with Crippen LogP contribution in [0.1, 0.15) is 5.56 Å². The Morgan fingerprint density at radius 1 is 1.30 bits per heavy atom. The fourth-order valence-corrected chi connectivity index (χ4v) is 1.35. The van der Waals surface area contributed by atoms with Gasteiger partial charge in [-0.3, -0.25) is 10.1 Å². The van der Waals surface area contributed by atoms with Crippen molar-refractivity contribution in [1.29, 1.82) is 0 Å². The van der Waals surface area contributed by atoms with Crippen LogP contribution in [0.5, 0.6) is 0 Å². The van der Waals surface area contributed by atoms with Crippen molar-refractivity contribution >= 4 is 17.7 Å². The van der Waals surface area contributed by atoms with E-state index in [4.69, 9.17) is 10.2 Å². The number of rotatable bonds is 6. The Bertz CT molecular complexity index is 519. The normalized spacial score (nSPS) is 11.4. The number of carbonyl (C=O) groups excluding carboxylic acids is 1. The molecule has 1 aromatic rings. The van der Waals surface area contributed by atoms with Crippen molar-refractivity contribution < 1.29 is 24.7 Å². The molecule has 0 radical (unpaired) electrons. The number of amides is 2. The SMILES string of the molecule is O=C(NCc1ccccc1[N+](=O)[O-])NC[C@H](O)C(=O)O. The van der Waals surface area contributed by atoms with E-state index >= 15 is 0 Å². The lowest BCUT2D eigenvalue weighted by Crippen LogP contribution is -2.41. The van der Waals surface area contributed by atoms with Crippen LogP contribution in [0.3, 0.4) is 0 Å². The Labute approximate surface area is 113 Å².